The lowest BCUT2D eigenvalue weighted by Crippen LogP contribution is -2.34. The molecule has 1 N–H and O–H groups in total. The molecular formula is C27H28F3N5O5. The lowest BCUT2D eigenvalue weighted by Gasteiger charge is -2.16. The Bertz CT molecular complexity index is 1490. The van der Waals surface area contributed by atoms with Gasteiger partial charge in [-0.05, 0) is 43.2 Å². The van der Waals surface area contributed by atoms with E-state index in [2.05, 4.69) is 10.1 Å². The summed E-state index contributed by atoms with van der Waals surface area (Å²) in [7, 11) is 2.63. The number of alkyl halides is 3. The van der Waals surface area contributed by atoms with Crippen LogP contribution in [0.1, 0.15) is 30.1 Å². The van der Waals surface area contributed by atoms with Crippen molar-refractivity contribution < 1.29 is 37.0 Å². The fourth-order valence-electron chi connectivity index (χ4n) is 4.18. The number of rotatable bonds is 11. The number of carbonyl (C=O) groups excluding carboxylic acids is 2. The third kappa shape index (κ3) is 6.53. The first-order valence-corrected chi connectivity index (χ1v) is 12.4. The summed E-state index contributed by atoms with van der Waals surface area (Å²) in [4.78, 5) is 28.6. The van der Waals surface area contributed by atoms with Crippen molar-refractivity contribution in [3.63, 3.8) is 0 Å². The molecule has 212 valence electrons. The van der Waals surface area contributed by atoms with Gasteiger partial charge in [-0.1, -0.05) is 0 Å². The van der Waals surface area contributed by atoms with Gasteiger partial charge in [0.05, 0.1) is 38.9 Å². The first-order valence-electron chi connectivity index (χ1n) is 12.4. The van der Waals surface area contributed by atoms with Crippen LogP contribution in [0, 0.1) is 0 Å². The highest BCUT2D eigenvalue weighted by molar-refractivity contribution is 6.00. The molecule has 1 aromatic carbocycles. The summed E-state index contributed by atoms with van der Waals surface area (Å²) in [5.74, 6) is -1.10. The van der Waals surface area contributed by atoms with Crippen molar-refractivity contribution in [3.8, 4) is 33.9 Å². The zero-order valence-corrected chi connectivity index (χ0v) is 22.1. The Hall–Kier alpha value is -4.55. The van der Waals surface area contributed by atoms with Crippen LogP contribution in [-0.2, 0) is 16.1 Å². The molecule has 0 aliphatic heterocycles. The van der Waals surface area contributed by atoms with Crippen molar-refractivity contribution in [1.29, 1.82) is 0 Å². The highest BCUT2D eigenvalue weighted by Gasteiger charge is 2.30. The van der Waals surface area contributed by atoms with Crippen LogP contribution < -0.4 is 14.8 Å². The number of pyridine rings is 1. The minimum atomic E-state index is -4.56. The van der Waals surface area contributed by atoms with Crippen LogP contribution in [-0.4, -0.2) is 64.6 Å². The molecule has 0 bridgehead atoms. The summed E-state index contributed by atoms with van der Waals surface area (Å²) in [6.45, 7) is 1.22. The number of hydrogen-bond donors (Lipinski definition) is 1. The van der Waals surface area contributed by atoms with Crippen LogP contribution in [0.15, 0.2) is 49.1 Å². The number of carbonyl (C=O) groups is 2. The topological polar surface area (TPSA) is 109 Å². The summed E-state index contributed by atoms with van der Waals surface area (Å²) in [6, 6.07) is 6.87. The average Bonchev–Trinajstić information content (AvgIpc) is 3.57. The number of esters is 1. The highest BCUT2D eigenvalue weighted by Crippen LogP contribution is 2.36. The summed E-state index contributed by atoms with van der Waals surface area (Å²) in [5, 5.41) is 6.22. The van der Waals surface area contributed by atoms with Crippen molar-refractivity contribution in [3.05, 3.63) is 54.6 Å². The van der Waals surface area contributed by atoms with Crippen molar-refractivity contribution in [2.45, 2.75) is 32.5 Å². The number of amides is 1. The Morgan fingerprint density at radius 1 is 1.02 bits per heavy atom. The SMILES string of the molecule is CCOC(=O)CCCn1cc(-c2ccn3c(-c4cc(OC)c(C(=O)NCC(F)(F)F)c(OC)c4)cnc3c2)cn1. The summed E-state index contributed by atoms with van der Waals surface area (Å²) >= 11 is 0. The molecule has 40 heavy (non-hydrogen) atoms. The van der Waals surface area contributed by atoms with E-state index in [4.69, 9.17) is 14.2 Å². The minimum absolute atomic E-state index is 0.0518. The number of fused-ring (bicyclic) bond motifs is 1. The van der Waals surface area contributed by atoms with Gasteiger partial charge in [-0.25, -0.2) is 4.98 Å². The van der Waals surface area contributed by atoms with Crippen molar-refractivity contribution in [2.24, 2.45) is 0 Å². The molecule has 13 heteroatoms. The van der Waals surface area contributed by atoms with E-state index in [1.165, 1.54) is 14.2 Å². The third-order valence-electron chi connectivity index (χ3n) is 6.03. The molecule has 1 amide bonds. The van der Waals surface area contributed by atoms with Gasteiger partial charge in [0.25, 0.3) is 5.91 Å². The Labute approximate surface area is 227 Å². The number of benzene rings is 1. The van der Waals surface area contributed by atoms with Crippen LogP contribution in [0.5, 0.6) is 11.5 Å². The Balaban J connectivity index is 1.57. The lowest BCUT2D eigenvalue weighted by molar-refractivity contribution is -0.143. The predicted molar refractivity (Wildman–Crippen MR) is 139 cm³/mol. The van der Waals surface area contributed by atoms with Crippen molar-refractivity contribution in [1.82, 2.24) is 24.5 Å². The summed E-state index contributed by atoms with van der Waals surface area (Å²) in [6.07, 6.45) is 3.45. The molecule has 4 rings (SSSR count). The van der Waals surface area contributed by atoms with Crippen LogP contribution >= 0.6 is 0 Å². The van der Waals surface area contributed by atoms with E-state index in [0.29, 0.717) is 42.9 Å². The highest BCUT2D eigenvalue weighted by atomic mass is 19.4. The van der Waals surface area contributed by atoms with Gasteiger partial charge < -0.3 is 19.5 Å². The first kappa shape index (κ1) is 28.5. The second-order valence-electron chi connectivity index (χ2n) is 8.74. The molecule has 3 aromatic heterocycles. The van der Waals surface area contributed by atoms with Gasteiger partial charge in [0.2, 0.25) is 0 Å². The van der Waals surface area contributed by atoms with E-state index < -0.39 is 18.6 Å². The largest absolute Gasteiger partial charge is 0.496 e. The zero-order valence-electron chi connectivity index (χ0n) is 22.1. The smallest absolute Gasteiger partial charge is 0.405 e. The lowest BCUT2D eigenvalue weighted by atomic mass is 10.1. The number of halogens is 3. The number of nitrogens with one attached hydrogen (secondary N) is 1. The fraction of sp³-hybridized carbons (Fsp3) is 0.333. The van der Waals surface area contributed by atoms with E-state index in [1.54, 1.807) is 36.1 Å². The monoisotopic (exact) mass is 559 g/mol. The third-order valence-corrected chi connectivity index (χ3v) is 6.03. The number of methoxy groups -OCH3 is 2. The number of ether oxygens (including phenoxy) is 3. The maximum absolute atomic E-state index is 12.6. The van der Waals surface area contributed by atoms with E-state index in [0.717, 1.165) is 11.1 Å². The number of aromatic nitrogens is 4. The molecular weight excluding hydrogens is 531 g/mol. The maximum atomic E-state index is 12.6. The van der Waals surface area contributed by atoms with E-state index >= 15 is 0 Å². The maximum Gasteiger partial charge on any atom is 0.405 e. The second kappa shape index (κ2) is 12.1. The van der Waals surface area contributed by atoms with Crippen molar-refractivity contribution in [2.75, 3.05) is 27.4 Å². The van der Waals surface area contributed by atoms with Gasteiger partial charge in [-0.15, -0.1) is 0 Å². The Morgan fingerprint density at radius 3 is 2.40 bits per heavy atom. The number of hydrogen-bond acceptors (Lipinski definition) is 7. The Kier molecular flexibility index (Phi) is 8.61. The number of imidazole rings is 1. The van der Waals surface area contributed by atoms with E-state index in [-0.39, 0.29) is 23.0 Å². The fourth-order valence-corrected chi connectivity index (χ4v) is 4.18. The van der Waals surface area contributed by atoms with Gasteiger partial charge in [0, 0.05) is 36.5 Å². The minimum Gasteiger partial charge on any atom is -0.496 e. The molecule has 0 aliphatic rings. The summed E-state index contributed by atoms with van der Waals surface area (Å²) < 4.78 is 57.1. The molecule has 0 fully saturated rings. The molecule has 4 aromatic rings. The van der Waals surface area contributed by atoms with Gasteiger partial charge in [0.15, 0.2) is 0 Å². The standard InChI is InChI=1S/C27H28F3N5O5/c1-4-40-24(36)6-5-8-34-15-19(13-33-34)17-7-9-35-20(14-31-23(35)12-17)18-10-21(38-2)25(22(11-18)39-3)26(37)32-16-27(28,29)30/h7,9-15H,4-6,8,16H2,1-3H3,(H,32,37). The predicted octanol–water partition coefficient (Wildman–Crippen LogP) is 4.52. The van der Waals surface area contributed by atoms with Gasteiger partial charge in [-0.2, -0.15) is 18.3 Å². The molecule has 0 spiro atoms. The quantitative estimate of drug-likeness (QED) is 0.269. The number of nitrogens with zero attached hydrogens (tertiary/aromatic N) is 4. The molecule has 0 saturated heterocycles. The molecule has 0 atom stereocenters. The summed E-state index contributed by atoms with van der Waals surface area (Å²) in [5.41, 5.74) is 3.47. The second-order valence-corrected chi connectivity index (χ2v) is 8.74. The average molecular weight is 560 g/mol. The number of aryl methyl sites for hydroxylation is 1. The van der Waals surface area contributed by atoms with E-state index in [1.807, 2.05) is 34.2 Å². The van der Waals surface area contributed by atoms with Crippen LogP contribution in [0.25, 0.3) is 28.0 Å². The zero-order chi connectivity index (χ0) is 28.9. The van der Waals surface area contributed by atoms with Gasteiger partial charge in [0.1, 0.15) is 29.3 Å². The molecule has 0 unspecified atom stereocenters. The van der Waals surface area contributed by atoms with Crippen molar-refractivity contribution >= 4 is 17.5 Å². The van der Waals surface area contributed by atoms with Crippen LogP contribution in [0.2, 0.25) is 0 Å². The molecule has 0 radical (unpaired) electrons. The Morgan fingerprint density at radius 2 is 1.75 bits per heavy atom. The normalized spacial score (nSPS) is 11.4. The van der Waals surface area contributed by atoms with E-state index in [9.17, 15) is 22.8 Å². The molecule has 10 nitrogen and oxygen atoms in total. The molecule has 3 heterocycles. The van der Waals surface area contributed by atoms with Gasteiger partial charge >= 0.3 is 12.1 Å². The first-order chi connectivity index (χ1) is 19.1. The molecule has 0 saturated carbocycles. The van der Waals surface area contributed by atoms with Crippen LogP contribution in [0.3, 0.4) is 0 Å². The van der Waals surface area contributed by atoms with Gasteiger partial charge in [-0.3, -0.25) is 18.7 Å². The molecule has 0 aliphatic carbocycles. The van der Waals surface area contributed by atoms with Crippen LogP contribution in [0.4, 0.5) is 13.2 Å².